The van der Waals surface area contributed by atoms with Crippen molar-refractivity contribution in [3.63, 3.8) is 0 Å². The van der Waals surface area contributed by atoms with Gasteiger partial charge in [-0.05, 0) is 0 Å². The fraction of sp³-hybridized carbons (Fsp3) is 0.889. The fourth-order valence-corrected chi connectivity index (χ4v) is 1.01. The summed E-state index contributed by atoms with van der Waals surface area (Å²) in [4.78, 5) is 12.6. The van der Waals surface area contributed by atoms with Crippen LogP contribution in [0.4, 0.5) is 0 Å². The third kappa shape index (κ3) is 6.82. The van der Waals surface area contributed by atoms with Crippen LogP contribution in [-0.4, -0.2) is 60.5 Å². The molecule has 0 heterocycles. The molecule has 2 N–H and O–H groups in total. The second-order valence-electron chi connectivity index (χ2n) is 2.86. The molecule has 0 aliphatic rings. The van der Waals surface area contributed by atoms with Crippen LogP contribution in [-0.2, 0) is 9.53 Å². The lowest BCUT2D eigenvalue weighted by Gasteiger charge is -2.19. The predicted molar refractivity (Wildman–Crippen MR) is 51.9 cm³/mol. The van der Waals surface area contributed by atoms with Gasteiger partial charge in [-0.3, -0.25) is 9.69 Å². The maximum absolute atomic E-state index is 10.8. The summed E-state index contributed by atoms with van der Waals surface area (Å²) in [7, 11) is 0. The molecule has 0 saturated carbocycles. The molecule has 0 aromatic carbocycles. The summed E-state index contributed by atoms with van der Waals surface area (Å²) >= 11 is 0. The molecular formula is C9H19NO4. The standard InChI is InChI=1S/C9H19NO4/c1-2-9(13)14-8-5-10(3-6-11)4-7-12/h11-12H,2-8H2,1H3. The van der Waals surface area contributed by atoms with E-state index in [4.69, 9.17) is 14.9 Å². The Labute approximate surface area is 84.3 Å². The Morgan fingerprint density at radius 2 is 1.79 bits per heavy atom. The van der Waals surface area contributed by atoms with Gasteiger partial charge in [0.15, 0.2) is 0 Å². The van der Waals surface area contributed by atoms with E-state index < -0.39 is 0 Å². The molecule has 0 aromatic heterocycles. The maximum Gasteiger partial charge on any atom is 0.305 e. The average molecular weight is 205 g/mol. The molecule has 0 spiro atoms. The Bertz CT molecular complexity index is 146. The zero-order chi connectivity index (χ0) is 10.8. The van der Waals surface area contributed by atoms with Gasteiger partial charge in [-0.1, -0.05) is 6.92 Å². The van der Waals surface area contributed by atoms with Crippen molar-refractivity contribution < 1.29 is 19.7 Å². The van der Waals surface area contributed by atoms with E-state index in [2.05, 4.69) is 0 Å². The van der Waals surface area contributed by atoms with Crippen LogP contribution >= 0.6 is 0 Å². The Morgan fingerprint density at radius 3 is 2.21 bits per heavy atom. The summed E-state index contributed by atoms with van der Waals surface area (Å²) in [6.07, 6.45) is 0.375. The van der Waals surface area contributed by atoms with Crippen molar-refractivity contribution in [3.05, 3.63) is 0 Å². The zero-order valence-electron chi connectivity index (χ0n) is 8.61. The highest BCUT2D eigenvalue weighted by atomic mass is 16.5. The smallest absolute Gasteiger partial charge is 0.305 e. The van der Waals surface area contributed by atoms with Crippen molar-refractivity contribution >= 4 is 5.97 Å². The van der Waals surface area contributed by atoms with Gasteiger partial charge in [0, 0.05) is 26.1 Å². The van der Waals surface area contributed by atoms with Crippen LogP contribution in [0.5, 0.6) is 0 Å². The molecule has 5 heteroatoms. The molecule has 0 unspecified atom stereocenters. The molecule has 0 amide bonds. The van der Waals surface area contributed by atoms with Crippen molar-refractivity contribution in [2.24, 2.45) is 0 Å². The molecule has 84 valence electrons. The number of aliphatic hydroxyl groups is 2. The lowest BCUT2D eigenvalue weighted by Crippen LogP contribution is -2.33. The minimum Gasteiger partial charge on any atom is -0.464 e. The average Bonchev–Trinajstić information content (AvgIpc) is 2.18. The normalized spacial score (nSPS) is 10.6. The van der Waals surface area contributed by atoms with E-state index in [1.54, 1.807) is 6.92 Å². The minimum atomic E-state index is -0.224. The van der Waals surface area contributed by atoms with Gasteiger partial charge in [0.2, 0.25) is 0 Å². The maximum atomic E-state index is 10.8. The van der Waals surface area contributed by atoms with Gasteiger partial charge in [-0.25, -0.2) is 0 Å². The molecule has 0 aliphatic heterocycles. The zero-order valence-corrected chi connectivity index (χ0v) is 8.61. The number of nitrogens with zero attached hydrogens (tertiary/aromatic N) is 1. The molecule has 0 rings (SSSR count). The Morgan fingerprint density at radius 1 is 1.21 bits per heavy atom. The molecule has 5 nitrogen and oxygen atoms in total. The van der Waals surface area contributed by atoms with Crippen molar-refractivity contribution in [3.8, 4) is 0 Å². The van der Waals surface area contributed by atoms with Gasteiger partial charge in [0.25, 0.3) is 0 Å². The number of hydrogen-bond acceptors (Lipinski definition) is 5. The monoisotopic (exact) mass is 205 g/mol. The summed E-state index contributed by atoms with van der Waals surface area (Å²) in [6, 6.07) is 0. The van der Waals surface area contributed by atoms with E-state index in [9.17, 15) is 4.79 Å². The molecule has 0 aliphatic carbocycles. The third-order valence-electron chi connectivity index (χ3n) is 1.79. The minimum absolute atomic E-state index is 0.0434. The second kappa shape index (κ2) is 8.93. The van der Waals surface area contributed by atoms with Gasteiger partial charge in [0.05, 0.1) is 13.2 Å². The van der Waals surface area contributed by atoms with Crippen molar-refractivity contribution in [1.82, 2.24) is 4.90 Å². The highest BCUT2D eigenvalue weighted by Gasteiger charge is 2.04. The van der Waals surface area contributed by atoms with Crippen LogP contribution in [0, 0.1) is 0 Å². The first-order chi connectivity index (χ1) is 6.74. The van der Waals surface area contributed by atoms with E-state index in [0.29, 0.717) is 32.7 Å². The summed E-state index contributed by atoms with van der Waals surface area (Å²) in [5.41, 5.74) is 0. The number of esters is 1. The Kier molecular flexibility index (Phi) is 8.51. The largest absolute Gasteiger partial charge is 0.464 e. The topological polar surface area (TPSA) is 70.0 Å². The van der Waals surface area contributed by atoms with Crippen molar-refractivity contribution in [1.29, 1.82) is 0 Å². The fourth-order valence-electron chi connectivity index (χ4n) is 1.01. The van der Waals surface area contributed by atoms with Crippen LogP contribution in [0.25, 0.3) is 0 Å². The number of carbonyl (C=O) groups excluding carboxylic acids is 1. The molecule has 0 bridgehead atoms. The van der Waals surface area contributed by atoms with Gasteiger partial charge >= 0.3 is 5.97 Å². The highest BCUT2D eigenvalue weighted by molar-refractivity contribution is 5.68. The molecule has 14 heavy (non-hydrogen) atoms. The summed E-state index contributed by atoms with van der Waals surface area (Å²) in [5.74, 6) is -0.224. The molecular weight excluding hydrogens is 186 g/mol. The van der Waals surface area contributed by atoms with E-state index >= 15 is 0 Å². The van der Waals surface area contributed by atoms with Crippen LogP contribution in [0.15, 0.2) is 0 Å². The van der Waals surface area contributed by atoms with Crippen molar-refractivity contribution in [2.75, 3.05) is 39.5 Å². The van der Waals surface area contributed by atoms with Gasteiger partial charge in [-0.2, -0.15) is 0 Å². The number of carbonyl (C=O) groups is 1. The van der Waals surface area contributed by atoms with E-state index in [0.717, 1.165) is 0 Å². The third-order valence-corrected chi connectivity index (χ3v) is 1.79. The lowest BCUT2D eigenvalue weighted by molar-refractivity contribution is -0.143. The highest BCUT2D eigenvalue weighted by Crippen LogP contribution is 1.89. The molecule has 0 fully saturated rings. The van der Waals surface area contributed by atoms with E-state index in [1.165, 1.54) is 0 Å². The van der Waals surface area contributed by atoms with Gasteiger partial charge < -0.3 is 14.9 Å². The summed E-state index contributed by atoms with van der Waals surface area (Å²) < 4.78 is 4.87. The van der Waals surface area contributed by atoms with Crippen molar-refractivity contribution in [2.45, 2.75) is 13.3 Å². The molecule has 0 atom stereocenters. The lowest BCUT2D eigenvalue weighted by atomic mass is 10.4. The predicted octanol–water partition coefficient (Wildman–Crippen LogP) is -0.774. The van der Waals surface area contributed by atoms with Gasteiger partial charge in [-0.15, -0.1) is 0 Å². The van der Waals surface area contributed by atoms with E-state index in [-0.39, 0.29) is 19.2 Å². The number of aliphatic hydroxyl groups excluding tert-OH is 2. The number of rotatable bonds is 8. The molecule has 0 aromatic rings. The first kappa shape index (κ1) is 13.4. The summed E-state index contributed by atoms with van der Waals surface area (Å²) in [5, 5.41) is 17.4. The van der Waals surface area contributed by atoms with Crippen LogP contribution in [0.2, 0.25) is 0 Å². The first-order valence-corrected chi connectivity index (χ1v) is 4.84. The second-order valence-corrected chi connectivity index (χ2v) is 2.86. The van der Waals surface area contributed by atoms with Crippen LogP contribution < -0.4 is 0 Å². The number of ether oxygens (including phenoxy) is 1. The van der Waals surface area contributed by atoms with Gasteiger partial charge in [0.1, 0.15) is 6.61 Å². The Balaban J connectivity index is 3.54. The Hall–Kier alpha value is -0.650. The number of hydrogen-bond donors (Lipinski definition) is 2. The summed E-state index contributed by atoms with van der Waals surface area (Å²) in [6.45, 7) is 3.67. The van der Waals surface area contributed by atoms with Crippen LogP contribution in [0.1, 0.15) is 13.3 Å². The van der Waals surface area contributed by atoms with Crippen LogP contribution in [0.3, 0.4) is 0 Å². The SMILES string of the molecule is CCC(=O)OCCN(CCO)CCO. The molecule has 0 radical (unpaired) electrons. The quantitative estimate of drug-likeness (QED) is 0.509. The first-order valence-electron chi connectivity index (χ1n) is 4.84. The molecule has 0 saturated heterocycles. The van der Waals surface area contributed by atoms with E-state index in [1.807, 2.05) is 4.90 Å².